The summed E-state index contributed by atoms with van der Waals surface area (Å²) in [5.41, 5.74) is 1.51. The minimum Gasteiger partial charge on any atom is -0.493 e. The average Bonchev–Trinajstić information content (AvgIpc) is 3.12. The quantitative estimate of drug-likeness (QED) is 0.428. The molecule has 10 heteroatoms. The lowest BCUT2D eigenvalue weighted by molar-refractivity contribution is -0.136. The molecule has 0 atom stereocenters. The number of nitrogens with zero attached hydrogens (tertiary/aromatic N) is 2. The van der Waals surface area contributed by atoms with E-state index in [-0.39, 0.29) is 24.0 Å². The van der Waals surface area contributed by atoms with Crippen LogP contribution < -0.4 is 9.47 Å². The number of rotatable bonds is 7. The van der Waals surface area contributed by atoms with E-state index >= 15 is 0 Å². The van der Waals surface area contributed by atoms with Crippen LogP contribution in [0.15, 0.2) is 41.3 Å². The zero-order chi connectivity index (χ0) is 24.9. The molecule has 2 saturated heterocycles. The second-order valence-electron chi connectivity index (χ2n) is 8.16. The number of amides is 3. The monoisotopic (exact) mass is 534 g/mol. The predicted molar refractivity (Wildman–Crippen MR) is 137 cm³/mol. The molecule has 0 aliphatic carbocycles. The fourth-order valence-electron chi connectivity index (χ4n) is 3.85. The summed E-state index contributed by atoms with van der Waals surface area (Å²) in [7, 11) is 1.52. The van der Waals surface area contributed by atoms with Crippen molar-refractivity contribution in [2.75, 3.05) is 26.7 Å². The van der Waals surface area contributed by atoms with Crippen molar-refractivity contribution in [3.63, 3.8) is 0 Å². The number of thioether (sulfide) groups is 1. The SMILES string of the molecule is COc1cc(/C=C2\SC(=O)N(CC(=O)N3CCCCC3)C2=O)ccc1OCc1ccc(Cl)c(Cl)c1. The van der Waals surface area contributed by atoms with E-state index in [9.17, 15) is 14.4 Å². The predicted octanol–water partition coefficient (Wildman–Crippen LogP) is 5.63. The van der Waals surface area contributed by atoms with E-state index in [2.05, 4.69) is 0 Å². The van der Waals surface area contributed by atoms with Crippen LogP contribution in [0, 0.1) is 0 Å². The highest BCUT2D eigenvalue weighted by Crippen LogP contribution is 2.35. The third kappa shape index (κ3) is 6.12. The topological polar surface area (TPSA) is 76.2 Å². The number of ether oxygens (including phenoxy) is 2. The van der Waals surface area contributed by atoms with Crippen molar-refractivity contribution in [2.24, 2.45) is 0 Å². The Morgan fingerprint density at radius 3 is 2.51 bits per heavy atom. The van der Waals surface area contributed by atoms with Crippen LogP contribution in [0.3, 0.4) is 0 Å². The number of benzene rings is 2. The lowest BCUT2D eigenvalue weighted by Gasteiger charge is -2.27. The number of piperidine rings is 1. The summed E-state index contributed by atoms with van der Waals surface area (Å²) < 4.78 is 11.3. The average molecular weight is 535 g/mol. The lowest BCUT2D eigenvalue weighted by atomic mass is 10.1. The van der Waals surface area contributed by atoms with Gasteiger partial charge in [-0.3, -0.25) is 19.3 Å². The van der Waals surface area contributed by atoms with Gasteiger partial charge in [-0.25, -0.2) is 0 Å². The van der Waals surface area contributed by atoms with Gasteiger partial charge in [0.15, 0.2) is 11.5 Å². The van der Waals surface area contributed by atoms with Crippen LogP contribution in [0.2, 0.25) is 10.0 Å². The Balaban J connectivity index is 1.43. The molecule has 0 aromatic heterocycles. The summed E-state index contributed by atoms with van der Waals surface area (Å²) in [6.07, 6.45) is 4.60. The first kappa shape index (κ1) is 25.4. The Morgan fingerprint density at radius 2 is 1.80 bits per heavy atom. The molecule has 0 spiro atoms. The molecule has 0 radical (unpaired) electrons. The molecular weight excluding hydrogens is 511 g/mol. The van der Waals surface area contributed by atoms with Gasteiger partial charge in [-0.2, -0.15) is 0 Å². The van der Waals surface area contributed by atoms with Crippen molar-refractivity contribution in [3.05, 3.63) is 62.5 Å². The molecule has 2 aliphatic heterocycles. The van der Waals surface area contributed by atoms with Gasteiger partial charge in [0.2, 0.25) is 5.91 Å². The van der Waals surface area contributed by atoms with Crippen molar-refractivity contribution >= 4 is 58.1 Å². The molecule has 2 heterocycles. The van der Waals surface area contributed by atoms with Crippen LogP contribution in [-0.2, 0) is 16.2 Å². The number of halogens is 2. The summed E-state index contributed by atoms with van der Waals surface area (Å²) in [6, 6.07) is 10.5. The Hall–Kier alpha value is -2.68. The van der Waals surface area contributed by atoms with E-state index in [1.165, 1.54) is 7.11 Å². The fraction of sp³-hybridized carbons (Fsp3) is 0.320. The van der Waals surface area contributed by atoms with E-state index in [0.29, 0.717) is 40.2 Å². The van der Waals surface area contributed by atoms with Crippen molar-refractivity contribution in [1.82, 2.24) is 9.80 Å². The van der Waals surface area contributed by atoms with Gasteiger partial charge in [0.25, 0.3) is 11.1 Å². The second-order valence-corrected chi connectivity index (χ2v) is 9.96. The molecule has 184 valence electrons. The van der Waals surface area contributed by atoms with E-state index < -0.39 is 11.1 Å². The fourth-order valence-corrected chi connectivity index (χ4v) is 5.01. The largest absolute Gasteiger partial charge is 0.493 e. The summed E-state index contributed by atoms with van der Waals surface area (Å²) in [5.74, 6) is 0.317. The van der Waals surface area contributed by atoms with Gasteiger partial charge in [0.05, 0.1) is 22.1 Å². The Bertz CT molecular complexity index is 1180. The summed E-state index contributed by atoms with van der Waals surface area (Å²) >= 11 is 12.8. The minimum absolute atomic E-state index is 0.196. The molecule has 2 fully saturated rings. The van der Waals surface area contributed by atoms with Crippen molar-refractivity contribution in [3.8, 4) is 11.5 Å². The maximum Gasteiger partial charge on any atom is 0.294 e. The summed E-state index contributed by atoms with van der Waals surface area (Å²) in [5, 5.41) is 0.472. The molecule has 0 saturated carbocycles. The number of imide groups is 1. The standard InChI is InChI=1S/C25H24Cl2N2O5S/c1-33-21-12-16(6-8-20(21)34-15-17-5-7-18(26)19(27)11-17)13-22-24(31)29(25(32)35-22)14-23(30)28-9-3-2-4-10-28/h5-8,11-13H,2-4,9-10,14-15H2,1H3/b22-13-. The van der Waals surface area contributed by atoms with E-state index in [0.717, 1.165) is 41.5 Å². The number of hydrogen-bond donors (Lipinski definition) is 0. The number of carbonyl (C=O) groups is 3. The molecule has 2 aromatic rings. The van der Waals surface area contributed by atoms with Crippen LogP contribution in [0.5, 0.6) is 11.5 Å². The third-order valence-corrected chi connectivity index (χ3v) is 7.39. The first-order valence-corrected chi connectivity index (χ1v) is 12.7. The minimum atomic E-state index is -0.468. The Labute approximate surface area is 217 Å². The van der Waals surface area contributed by atoms with Gasteiger partial charge >= 0.3 is 0 Å². The number of carbonyl (C=O) groups excluding carboxylic acids is 3. The molecule has 2 aromatic carbocycles. The number of likely N-dealkylation sites (tertiary alicyclic amines) is 1. The van der Waals surface area contributed by atoms with Gasteiger partial charge in [0, 0.05) is 13.1 Å². The maximum atomic E-state index is 12.8. The van der Waals surface area contributed by atoms with Crippen LogP contribution in [0.25, 0.3) is 6.08 Å². The highest BCUT2D eigenvalue weighted by atomic mass is 35.5. The van der Waals surface area contributed by atoms with E-state index in [4.69, 9.17) is 32.7 Å². The second kappa shape index (κ2) is 11.4. The molecule has 0 N–H and O–H groups in total. The zero-order valence-corrected chi connectivity index (χ0v) is 21.4. The normalized spacial score (nSPS) is 17.3. The molecular formula is C25H24Cl2N2O5S. The Morgan fingerprint density at radius 1 is 1.03 bits per heavy atom. The van der Waals surface area contributed by atoms with Gasteiger partial charge in [-0.05, 0) is 72.5 Å². The van der Waals surface area contributed by atoms with Crippen LogP contribution in [0.1, 0.15) is 30.4 Å². The number of methoxy groups -OCH3 is 1. The van der Waals surface area contributed by atoms with Crippen molar-refractivity contribution in [2.45, 2.75) is 25.9 Å². The van der Waals surface area contributed by atoms with Gasteiger partial charge < -0.3 is 14.4 Å². The highest BCUT2D eigenvalue weighted by Gasteiger charge is 2.37. The molecule has 4 rings (SSSR count). The van der Waals surface area contributed by atoms with Gasteiger partial charge in [0.1, 0.15) is 13.2 Å². The van der Waals surface area contributed by atoms with E-state index in [1.807, 2.05) is 6.07 Å². The molecule has 0 bridgehead atoms. The summed E-state index contributed by atoms with van der Waals surface area (Å²) in [6.45, 7) is 1.37. The van der Waals surface area contributed by atoms with Gasteiger partial charge in [-0.1, -0.05) is 35.3 Å². The van der Waals surface area contributed by atoms with E-state index in [1.54, 1.807) is 41.3 Å². The molecule has 0 unspecified atom stereocenters. The van der Waals surface area contributed by atoms with Crippen LogP contribution >= 0.6 is 35.0 Å². The zero-order valence-electron chi connectivity index (χ0n) is 19.1. The van der Waals surface area contributed by atoms with Crippen molar-refractivity contribution < 1.29 is 23.9 Å². The van der Waals surface area contributed by atoms with Crippen molar-refractivity contribution in [1.29, 1.82) is 0 Å². The highest BCUT2D eigenvalue weighted by molar-refractivity contribution is 8.18. The smallest absolute Gasteiger partial charge is 0.294 e. The first-order valence-electron chi connectivity index (χ1n) is 11.1. The van der Waals surface area contributed by atoms with Crippen LogP contribution in [0.4, 0.5) is 4.79 Å². The van der Waals surface area contributed by atoms with Gasteiger partial charge in [-0.15, -0.1) is 0 Å². The lowest BCUT2D eigenvalue weighted by Crippen LogP contribution is -2.44. The summed E-state index contributed by atoms with van der Waals surface area (Å²) in [4.78, 5) is 40.8. The maximum absolute atomic E-state index is 12.8. The van der Waals surface area contributed by atoms with Crippen LogP contribution in [-0.4, -0.2) is 53.6 Å². The number of hydrogen-bond acceptors (Lipinski definition) is 6. The molecule has 3 amide bonds. The molecule has 2 aliphatic rings. The first-order chi connectivity index (χ1) is 16.9. The third-order valence-electron chi connectivity index (χ3n) is 5.74. The molecule has 35 heavy (non-hydrogen) atoms. The Kier molecular flexibility index (Phi) is 8.26. The molecule has 7 nitrogen and oxygen atoms in total.